The molecule has 1 atom stereocenters. The maximum atomic E-state index is 11.5. The largest absolute Gasteiger partial charge is 0.379 e. The van der Waals surface area contributed by atoms with E-state index in [9.17, 15) is 4.79 Å². The Morgan fingerprint density at radius 1 is 1.38 bits per heavy atom. The lowest BCUT2D eigenvalue weighted by Gasteiger charge is -2.12. The zero-order valence-electron chi connectivity index (χ0n) is 10.8. The third kappa shape index (κ3) is 7.65. The standard InChI is InChI=1S/C12H26N2O2/c1-4-11(9-13)12(15)14-7-5-6-8-16-10(2)3/h10-11H,4-9,13H2,1-3H3,(H,14,15). The lowest BCUT2D eigenvalue weighted by molar-refractivity contribution is -0.124. The Labute approximate surface area is 98.9 Å². The predicted octanol–water partition coefficient (Wildman–Crippen LogP) is 1.29. The van der Waals surface area contributed by atoms with Gasteiger partial charge >= 0.3 is 0 Å². The van der Waals surface area contributed by atoms with E-state index in [0.717, 1.165) is 32.4 Å². The van der Waals surface area contributed by atoms with Crippen LogP contribution in [-0.4, -0.2) is 31.7 Å². The topological polar surface area (TPSA) is 64.4 Å². The molecule has 16 heavy (non-hydrogen) atoms. The van der Waals surface area contributed by atoms with Crippen LogP contribution in [0.3, 0.4) is 0 Å². The summed E-state index contributed by atoms with van der Waals surface area (Å²) in [6, 6.07) is 0. The molecule has 1 amide bonds. The summed E-state index contributed by atoms with van der Waals surface area (Å²) in [7, 11) is 0. The molecular formula is C12H26N2O2. The van der Waals surface area contributed by atoms with Crippen molar-refractivity contribution in [3.05, 3.63) is 0 Å². The molecule has 0 rings (SSSR count). The SMILES string of the molecule is CCC(CN)C(=O)NCCCCOC(C)C. The third-order valence-corrected chi connectivity index (χ3v) is 2.47. The fourth-order valence-corrected chi connectivity index (χ4v) is 1.36. The van der Waals surface area contributed by atoms with Crippen LogP contribution < -0.4 is 11.1 Å². The zero-order valence-corrected chi connectivity index (χ0v) is 10.8. The van der Waals surface area contributed by atoms with Gasteiger partial charge in [0.25, 0.3) is 0 Å². The Morgan fingerprint density at radius 2 is 2.06 bits per heavy atom. The van der Waals surface area contributed by atoms with Crippen molar-refractivity contribution in [2.75, 3.05) is 19.7 Å². The smallest absolute Gasteiger partial charge is 0.224 e. The second-order valence-corrected chi connectivity index (χ2v) is 4.26. The summed E-state index contributed by atoms with van der Waals surface area (Å²) in [5.41, 5.74) is 5.49. The lowest BCUT2D eigenvalue weighted by Crippen LogP contribution is -2.35. The van der Waals surface area contributed by atoms with Gasteiger partial charge in [-0.2, -0.15) is 0 Å². The first-order chi connectivity index (χ1) is 7.61. The molecule has 0 aromatic carbocycles. The number of nitrogens with two attached hydrogens (primary N) is 1. The molecule has 0 saturated carbocycles. The van der Waals surface area contributed by atoms with Gasteiger partial charge in [-0.25, -0.2) is 0 Å². The van der Waals surface area contributed by atoms with Crippen molar-refractivity contribution in [3.8, 4) is 0 Å². The first-order valence-electron chi connectivity index (χ1n) is 6.21. The molecule has 0 heterocycles. The molecule has 0 aliphatic heterocycles. The maximum absolute atomic E-state index is 11.5. The van der Waals surface area contributed by atoms with Gasteiger partial charge in [-0.15, -0.1) is 0 Å². The molecule has 4 nitrogen and oxygen atoms in total. The molecule has 0 spiro atoms. The normalized spacial score (nSPS) is 12.8. The van der Waals surface area contributed by atoms with Gasteiger partial charge in [0.05, 0.1) is 6.10 Å². The minimum absolute atomic E-state index is 0.0353. The molecule has 1 unspecified atom stereocenters. The number of amides is 1. The van der Waals surface area contributed by atoms with Crippen LogP contribution in [0.5, 0.6) is 0 Å². The van der Waals surface area contributed by atoms with Gasteiger partial charge in [-0.1, -0.05) is 6.92 Å². The molecule has 0 saturated heterocycles. The van der Waals surface area contributed by atoms with Gasteiger partial charge in [-0.05, 0) is 33.1 Å². The average Bonchev–Trinajstić information content (AvgIpc) is 2.24. The van der Waals surface area contributed by atoms with Crippen LogP contribution in [0.1, 0.15) is 40.0 Å². The summed E-state index contributed by atoms with van der Waals surface area (Å²) in [6.45, 7) is 7.94. The van der Waals surface area contributed by atoms with Crippen LogP contribution in [-0.2, 0) is 9.53 Å². The molecule has 0 bridgehead atoms. The molecule has 0 radical (unpaired) electrons. The third-order valence-electron chi connectivity index (χ3n) is 2.47. The molecule has 0 aliphatic carbocycles. The lowest BCUT2D eigenvalue weighted by atomic mass is 10.1. The fourth-order valence-electron chi connectivity index (χ4n) is 1.36. The molecule has 0 aromatic rings. The van der Waals surface area contributed by atoms with Crippen molar-refractivity contribution in [1.29, 1.82) is 0 Å². The van der Waals surface area contributed by atoms with E-state index in [4.69, 9.17) is 10.5 Å². The molecule has 96 valence electrons. The number of unbranched alkanes of at least 4 members (excludes halogenated alkanes) is 1. The van der Waals surface area contributed by atoms with Crippen LogP contribution in [0.15, 0.2) is 0 Å². The quantitative estimate of drug-likeness (QED) is 0.587. The highest BCUT2D eigenvalue weighted by Gasteiger charge is 2.12. The van der Waals surface area contributed by atoms with E-state index in [-0.39, 0.29) is 17.9 Å². The highest BCUT2D eigenvalue weighted by molar-refractivity contribution is 5.78. The summed E-state index contributed by atoms with van der Waals surface area (Å²) in [5, 5.41) is 2.90. The van der Waals surface area contributed by atoms with Gasteiger partial charge in [0.15, 0.2) is 0 Å². The number of hydrogen-bond donors (Lipinski definition) is 2. The Bertz CT molecular complexity index is 180. The van der Waals surface area contributed by atoms with Gasteiger partial charge in [-0.3, -0.25) is 4.79 Å². The number of ether oxygens (including phenoxy) is 1. The molecular weight excluding hydrogens is 204 g/mol. The maximum Gasteiger partial charge on any atom is 0.224 e. The van der Waals surface area contributed by atoms with E-state index in [1.165, 1.54) is 0 Å². The highest BCUT2D eigenvalue weighted by atomic mass is 16.5. The van der Waals surface area contributed by atoms with E-state index in [1.54, 1.807) is 0 Å². The van der Waals surface area contributed by atoms with Crippen LogP contribution in [0, 0.1) is 5.92 Å². The summed E-state index contributed by atoms with van der Waals surface area (Å²) in [4.78, 5) is 11.5. The summed E-state index contributed by atoms with van der Waals surface area (Å²) >= 11 is 0. The van der Waals surface area contributed by atoms with Gasteiger partial charge in [0.2, 0.25) is 5.91 Å². The van der Waals surface area contributed by atoms with E-state index in [0.29, 0.717) is 6.54 Å². The van der Waals surface area contributed by atoms with Crippen molar-refractivity contribution in [2.45, 2.75) is 46.1 Å². The number of carbonyl (C=O) groups is 1. The van der Waals surface area contributed by atoms with Crippen LogP contribution in [0.2, 0.25) is 0 Å². The van der Waals surface area contributed by atoms with Gasteiger partial charge in [0.1, 0.15) is 0 Å². The van der Waals surface area contributed by atoms with Crippen LogP contribution in [0.25, 0.3) is 0 Å². The Hall–Kier alpha value is -0.610. The first-order valence-corrected chi connectivity index (χ1v) is 6.21. The van der Waals surface area contributed by atoms with Crippen LogP contribution >= 0.6 is 0 Å². The van der Waals surface area contributed by atoms with Crippen LogP contribution in [0.4, 0.5) is 0 Å². The monoisotopic (exact) mass is 230 g/mol. The Morgan fingerprint density at radius 3 is 2.56 bits per heavy atom. The Balaban J connectivity index is 3.40. The van der Waals surface area contributed by atoms with Crippen molar-refractivity contribution in [3.63, 3.8) is 0 Å². The molecule has 4 heteroatoms. The summed E-state index contributed by atoms with van der Waals surface area (Å²) in [6.07, 6.45) is 3.03. The number of carbonyl (C=O) groups excluding carboxylic acids is 1. The van der Waals surface area contributed by atoms with Crippen molar-refractivity contribution in [1.82, 2.24) is 5.32 Å². The Kier molecular flexibility index (Phi) is 9.24. The van der Waals surface area contributed by atoms with Crippen molar-refractivity contribution >= 4 is 5.91 Å². The number of nitrogens with one attached hydrogen (secondary N) is 1. The minimum Gasteiger partial charge on any atom is -0.379 e. The van der Waals surface area contributed by atoms with E-state index >= 15 is 0 Å². The first kappa shape index (κ1) is 15.4. The highest BCUT2D eigenvalue weighted by Crippen LogP contribution is 2.00. The number of hydrogen-bond acceptors (Lipinski definition) is 3. The van der Waals surface area contributed by atoms with E-state index in [2.05, 4.69) is 5.32 Å². The molecule has 0 aliphatic rings. The second kappa shape index (κ2) is 9.60. The zero-order chi connectivity index (χ0) is 12.4. The second-order valence-electron chi connectivity index (χ2n) is 4.26. The van der Waals surface area contributed by atoms with Gasteiger partial charge < -0.3 is 15.8 Å². The fraction of sp³-hybridized carbons (Fsp3) is 0.917. The van der Waals surface area contributed by atoms with E-state index in [1.807, 2.05) is 20.8 Å². The van der Waals surface area contributed by atoms with Gasteiger partial charge in [0, 0.05) is 25.6 Å². The van der Waals surface area contributed by atoms with E-state index < -0.39 is 0 Å². The molecule has 3 N–H and O–H groups in total. The molecule has 0 aromatic heterocycles. The number of rotatable bonds is 9. The predicted molar refractivity (Wildman–Crippen MR) is 66.2 cm³/mol. The summed E-state index contributed by atoms with van der Waals surface area (Å²) in [5.74, 6) is 0.0432. The summed E-state index contributed by atoms with van der Waals surface area (Å²) < 4.78 is 5.41. The minimum atomic E-state index is -0.0353. The van der Waals surface area contributed by atoms with Crippen molar-refractivity contribution in [2.24, 2.45) is 11.7 Å². The molecule has 0 fully saturated rings. The average molecular weight is 230 g/mol. The van der Waals surface area contributed by atoms with Crippen molar-refractivity contribution < 1.29 is 9.53 Å².